The van der Waals surface area contributed by atoms with Crippen LogP contribution in [0.4, 0.5) is 0 Å². The number of thioether (sulfide) groups is 1. The molecule has 0 amide bonds. The average molecular weight is 507 g/mol. The van der Waals surface area contributed by atoms with Crippen LogP contribution in [0.15, 0.2) is 23.2 Å². The lowest BCUT2D eigenvalue weighted by molar-refractivity contribution is 0.166. The van der Waals surface area contributed by atoms with Crippen LogP contribution in [0.25, 0.3) is 0 Å². The smallest absolute Gasteiger partial charge is 0.191 e. The van der Waals surface area contributed by atoms with Crippen molar-refractivity contribution in [3.05, 3.63) is 29.3 Å². The van der Waals surface area contributed by atoms with Gasteiger partial charge in [0, 0.05) is 43.0 Å². The van der Waals surface area contributed by atoms with Crippen LogP contribution in [-0.4, -0.2) is 50.4 Å². The van der Waals surface area contributed by atoms with Crippen molar-refractivity contribution in [2.75, 3.05) is 39.7 Å². The quantitative estimate of drug-likeness (QED) is 0.318. The first-order chi connectivity index (χ1) is 12.4. The van der Waals surface area contributed by atoms with E-state index >= 15 is 0 Å². The molecular weight excluding hydrogens is 473 g/mol. The van der Waals surface area contributed by atoms with Crippen LogP contribution in [0.1, 0.15) is 31.4 Å². The molecule has 0 aromatic heterocycles. The highest BCUT2D eigenvalue weighted by molar-refractivity contribution is 14.0. The minimum Gasteiger partial charge on any atom is -0.493 e. The highest BCUT2D eigenvalue weighted by atomic mass is 127. The van der Waals surface area contributed by atoms with Gasteiger partial charge in [-0.15, -0.1) is 24.0 Å². The molecule has 1 heterocycles. The second-order valence-electron chi connectivity index (χ2n) is 7.39. The molecule has 27 heavy (non-hydrogen) atoms. The first kappa shape index (κ1) is 24.4. The second kappa shape index (κ2) is 12.0. The Morgan fingerprint density at radius 2 is 2.15 bits per heavy atom. The van der Waals surface area contributed by atoms with E-state index in [4.69, 9.17) is 9.47 Å². The fourth-order valence-electron chi connectivity index (χ4n) is 2.63. The first-order valence-corrected chi connectivity index (χ1v) is 10.5. The standard InChI is InChI=1S/C20H33N3O2S.HI/c1-15-6-7-17(18(10-15)25-13-16-8-9-24-12-16)11-22-19(21-4)23-14-20(2,3)26-5;/h6-7,10,16H,8-9,11-14H2,1-5H3,(H2,21,22,23);1H. The van der Waals surface area contributed by atoms with Crippen molar-refractivity contribution < 1.29 is 9.47 Å². The van der Waals surface area contributed by atoms with Crippen LogP contribution < -0.4 is 15.4 Å². The Bertz CT molecular complexity index is 605. The van der Waals surface area contributed by atoms with Gasteiger partial charge in [0.05, 0.1) is 13.2 Å². The van der Waals surface area contributed by atoms with Crippen LogP contribution in [0, 0.1) is 12.8 Å². The maximum atomic E-state index is 6.12. The lowest BCUT2D eigenvalue weighted by atomic mass is 10.1. The number of rotatable bonds is 8. The van der Waals surface area contributed by atoms with Crippen LogP contribution in [-0.2, 0) is 11.3 Å². The van der Waals surface area contributed by atoms with Gasteiger partial charge in [-0.25, -0.2) is 0 Å². The Labute approximate surface area is 185 Å². The number of hydrogen-bond donors (Lipinski definition) is 2. The fraction of sp³-hybridized carbons (Fsp3) is 0.650. The molecule has 1 aromatic carbocycles. The van der Waals surface area contributed by atoms with Gasteiger partial charge in [-0.1, -0.05) is 12.1 Å². The molecule has 2 N–H and O–H groups in total. The summed E-state index contributed by atoms with van der Waals surface area (Å²) in [6, 6.07) is 6.36. The van der Waals surface area contributed by atoms with Gasteiger partial charge in [-0.2, -0.15) is 11.8 Å². The minimum atomic E-state index is 0. The van der Waals surface area contributed by atoms with Gasteiger partial charge >= 0.3 is 0 Å². The zero-order valence-electron chi connectivity index (χ0n) is 17.1. The van der Waals surface area contributed by atoms with Crippen molar-refractivity contribution in [3.63, 3.8) is 0 Å². The van der Waals surface area contributed by atoms with E-state index in [9.17, 15) is 0 Å². The maximum absolute atomic E-state index is 6.12. The largest absolute Gasteiger partial charge is 0.493 e. The van der Waals surface area contributed by atoms with E-state index in [-0.39, 0.29) is 28.7 Å². The summed E-state index contributed by atoms with van der Waals surface area (Å²) in [7, 11) is 1.80. The topological polar surface area (TPSA) is 54.9 Å². The molecule has 154 valence electrons. The van der Waals surface area contributed by atoms with Gasteiger partial charge < -0.3 is 20.1 Å². The number of hydrogen-bond acceptors (Lipinski definition) is 4. The van der Waals surface area contributed by atoms with E-state index in [0.717, 1.165) is 43.5 Å². The molecule has 1 aliphatic heterocycles. The molecule has 1 atom stereocenters. The number of nitrogens with one attached hydrogen (secondary N) is 2. The van der Waals surface area contributed by atoms with Crippen LogP contribution in [0.3, 0.4) is 0 Å². The molecule has 0 spiro atoms. The maximum Gasteiger partial charge on any atom is 0.191 e. The highest BCUT2D eigenvalue weighted by Crippen LogP contribution is 2.23. The van der Waals surface area contributed by atoms with Gasteiger partial charge in [-0.05, 0) is 45.1 Å². The second-order valence-corrected chi connectivity index (χ2v) is 8.91. The Morgan fingerprint density at radius 1 is 1.37 bits per heavy atom. The van der Waals surface area contributed by atoms with Crippen molar-refractivity contribution in [2.45, 2.75) is 38.5 Å². The van der Waals surface area contributed by atoms with E-state index in [1.807, 2.05) is 11.8 Å². The Balaban J connectivity index is 0.00000364. The highest BCUT2D eigenvalue weighted by Gasteiger charge is 2.18. The molecule has 7 heteroatoms. The number of benzene rings is 1. The third kappa shape index (κ3) is 8.48. The fourth-order valence-corrected chi connectivity index (χ4v) is 2.85. The van der Waals surface area contributed by atoms with Crippen molar-refractivity contribution in [1.82, 2.24) is 10.6 Å². The Morgan fingerprint density at radius 3 is 2.78 bits per heavy atom. The van der Waals surface area contributed by atoms with E-state index in [1.54, 1.807) is 7.05 Å². The summed E-state index contributed by atoms with van der Waals surface area (Å²) in [4.78, 5) is 4.32. The molecule has 1 aromatic rings. The van der Waals surface area contributed by atoms with Gasteiger partial charge in [0.2, 0.25) is 0 Å². The van der Waals surface area contributed by atoms with Gasteiger partial charge in [-0.3, -0.25) is 4.99 Å². The van der Waals surface area contributed by atoms with E-state index < -0.39 is 0 Å². The van der Waals surface area contributed by atoms with Crippen LogP contribution >= 0.6 is 35.7 Å². The minimum absolute atomic E-state index is 0. The van der Waals surface area contributed by atoms with Crippen molar-refractivity contribution >= 4 is 41.7 Å². The molecule has 0 aliphatic carbocycles. The van der Waals surface area contributed by atoms with Crippen molar-refractivity contribution in [3.8, 4) is 5.75 Å². The summed E-state index contributed by atoms with van der Waals surface area (Å²) in [5, 5.41) is 6.79. The van der Waals surface area contributed by atoms with E-state index in [2.05, 4.69) is 60.9 Å². The monoisotopic (exact) mass is 507 g/mol. The van der Waals surface area contributed by atoms with E-state index in [0.29, 0.717) is 19.1 Å². The number of guanidine groups is 1. The molecule has 1 unspecified atom stereocenters. The molecule has 2 rings (SSSR count). The zero-order chi connectivity index (χ0) is 19.0. The SMILES string of the molecule is CN=C(NCc1ccc(C)cc1OCC1CCOC1)NCC(C)(C)SC.I. The van der Waals surface area contributed by atoms with Crippen LogP contribution in [0.5, 0.6) is 5.75 Å². The number of nitrogens with zero attached hydrogens (tertiary/aromatic N) is 1. The zero-order valence-corrected chi connectivity index (χ0v) is 20.3. The summed E-state index contributed by atoms with van der Waals surface area (Å²) in [6.07, 6.45) is 3.21. The van der Waals surface area contributed by atoms with E-state index in [1.165, 1.54) is 5.56 Å². The Kier molecular flexibility index (Phi) is 10.8. The summed E-state index contributed by atoms with van der Waals surface area (Å²) in [6.45, 7) is 10.4. The average Bonchev–Trinajstić information content (AvgIpc) is 3.15. The van der Waals surface area contributed by atoms with Crippen molar-refractivity contribution in [1.29, 1.82) is 0 Å². The Hall–Kier alpha value is -0.670. The molecule has 0 radical (unpaired) electrons. The van der Waals surface area contributed by atoms with Gasteiger partial charge in [0.15, 0.2) is 5.96 Å². The molecule has 1 fully saturated rings. The lowest BCUT2D eigenvalue weighted by Crippen LogP contribution is -2.43. The number of ether oxygens (including phenoxy) is 2. The summed E-state index contributed by atoms with van der Waals surface area (Å²) in [5.74, 6) is 2.26. The van der Waals surface area contributed by atoms with Gasteiger partial charge in [0.25, 0.3) is 0 Å². The predicted molar refractivity (Wildman–Crippen MR) is 127 cm³/mol. The number of aliphatic imine (C=N–C) groups is 1. The molecule has 5 nitrogen and oxygen atoms in total. The third-order valence-corrected chi connectivity index (χ3v) is 5.87. The molecule has 0 saturated carbocycles. The first-order valence-electron chi connectivity index (χ1n) is 9.23. The molecule has 1 saturated heterocycles. The van der Waals surface area contributed by atoms with Gasteiger partial charge in [0.1, 0.15) is 5.75 Å². The predicted octanol–water partition coefficient (Wildman–Crippen LogP) is 3.83. The van der Waals surface area contributed by atoms with Crippen molar-refractivity contribution in [2.24, 2.45) is 10.9 Å². The molecular formula is C20H34IN3O2S. The third-order valence-electron chi connectivity index (χ3n) is 4.63. The summed E-state index contributed by atoms with van der Waals surface area (Å²) in [5.41, 5.74) is 2.34. The normalized spacial score (nSPS) is 17.4. The summed E-state index contributed by atoms with van der Waals surface area (Å²) >= 11 is 1.84. The van der Waals surface area contributed by atoms with Crippen LogP contribution in [0.2, 0.25) is 0 Å². The number of halogens is 1. The lowest BCUT2D eigenvalue weighted by Gasteiger charge is -2.24. The molecule has 0 bridgehead atoms. The molecule has 1 aliphatic rings. The summed E-state index contributed by atoms with van der Waals surface area (Å²) < 4.78 is 11.7. The number of aryl methyl sites for hydroxylation is 1.